The Balaban J connectivity index is 1.65. The molecule has 35 heavy (non-hydrogen) atoms. The maximum atomic E-state index is 13.2. The van der Waals surface area contributed by atoms with Crippen LogP contribution in [0.4, 0.5) is 5.69 Å². The number of carbonyl (C=O) groups excluding carboxylic acids is 2. The van der Waals surface area contributed by atoms with E-state index in [1.54, 1.807) is 12.1 Å². The van der Waals surface area contributed by atoms with E-state index in [0.29, 0.717) is 25.0 Å². The Hall–Kier alpha value is -3.35. The molecule has 2 aromatic rings. The van der Waals surface area contributed by atoms with Crippen LogP contribution in [-0.4, -0.2) is 34.5 Å². The fraction of sp³-hybridized carbons (Fsp3) is 0.464. The predicted octanol–water partition coefficient (Wildman–Crippen LogP) is 4.79. The molecule has 0 aliphatic heterocycles. The van der Waals surface area contributed by atoms with Crippen LogP contribution in [0.15, 0.2) is 42.5 Å². The molecule has 0 aromatic heterocycles. The normalized spacial score (nSPS) is 16.2. The van der Waals surface area contributed by atoms with Gasteiger partial charge in [-0.25, -0.2) is 4.79 Å². The SMILES string of the molecule is CCC(C)[C@H](NC(=O)C1(Oc2ccc(CC(=O)Nc3cc(C)cc(C)c3)cc2)CCCC1)C(=O)O. The van der Waals surface area contributed by atoms with E-state index in [9.17, 15) is 19.5 Å². The van der Waals surface area contributed by atoms with Crippen molar-refractivity contribution in [1.29, 1.82) is 0 Å². The van der Waals surface area contributed by atoms with Gasteiger partial charge in [0.05, 0.1) is 6.42 Å². The zero-order valence-electron chi connectivity index (χ0n) is 21.0. The molecule has 3 rings (SSSR count). The number of amides is 2. The number of aliphatic carboxylic acids is 1. The first-order valence-electron chi connectivity index (χ1n) is 12.3. The highest BCUT2D eigenvalue weighted by molar-refractivity contribution is 5.92. The summed E-state index contributed by atoms with van der Waals surface area (Å²) >= 11 is 0. The third kappa shape index (κ3) is 6.84. The molecule has 2 atom stereocenters. The third-order valence-corrected chi connectivity index (χ3v) is 6.70. The lowest BCUT2D eigenvalue weighted by molar-refractivity contribution is -0.147. The van der Waals surface area contributed by atoms with Crippen LogP contribution in [0.25, 0.3) is 0 Å². The van der Waals surface area contributed by atoms with Crippen molar-refractivity contribution in [2.24, 2.45) is 5.92 Å². The van der Waals surface area contributed by atoms with Crippen LogP contribution in [0.2, 0.25) is 0 Å². The molecule has 1 fully saturated rings. The van der Waals surface area contributed by atoms with Crippen molar-refractivity contribution in [3.05, 3.63) is 59.2 Å². The van der Waals surface area contributed by atoms with Gasteiger partial charge in [0.2, 0.25) is 5.91 Å². The number of rotatable bonds is 10. The van der Waals surface area contributed by atoms with Gasteiger partial charge in [-0.2, -0.15) is 0 Å². The second kappa shape index (κ2) is 11.4. The monoisotopic (exact) mass is 480 g/mol. The molecule has 1 saturated carbocycles. The van der Waals surface area contributed by atoms with Gasteiger partial charge in [-0.3, -0.25) is 9.59 Å². The molecule has 0 spiro atoms. The Kier molecular flexibility index (Phi) is 8.54. The van der Waals surface area contributed by atoms with Gasteiger partial charge in [0.1, 0.15) is 11.8 Å². The Morgan fingerprint density at radius 3 is 2.17 bits per heavy atom. The summed E-state index contributed by atoms with van der Waals surface area (Å²) in [5.41, 5.74) is 2.70. The molecule has 188 valence electrons. The van der Waals surface area contributed by atoms with E-state index in [1.165, 1.54) is 0 Å². The highest BCUT2D eigenvalue weighted by atomic mass is 16.5. The maximum Gasteiger partial charge on any atom is 0.326 e. The van der Waals surface area contributed by atoms with Crippen LogP contribution >= 0.6 is 0 Å². The first-order chi connectivity index (χ1) is 16.6. The number of hydrogen-bond donors (Lipinski definition) is 3. The fourth-order valence-electron chi connectivity index (χ4n) is 4.62. The highest BCUT2D eigenvalue weighted by Gasteiger charge is 2.45. The average Bonchev–Trinajstić information content (AvgIpc) is 3.27. The summed E-state index contributed by atoms with van der Waals surface area (Å²) in [6, 6.07) is 12.1. The quantitative estimate of drug-likeness (QED) is 0.453. The highest BCUT2D eigenvalue weighted by Crippen LogP contribution is 2.35. The summed E-state index contributed by atoms with van der Waals surface area (Å²) in [5.74, 6) is -1.19. The van der Waals surface area contributed by atoms with Crippen molar-refractivity contribution in [2.45, 2.75) is 77.9 Å². The second-order valence-corrected chi connectivity index (χ2v) is 9.72. The topological polar surface area (TPSA) is 105 Å². The van der Waals surface area contributed by atoms with E-state index in [4.69, 9.17) is 4.74 Å². The minimum absolute atomic E-state index is 0.111. The summed E-state index contributed by atoms with van der Waals surface area (Å²) in [6.45, 7) is 7.70. The lowest BCUT2D eigenvalue weighted by atomic mass is 9.95. The Morgan fingerprint density at radius 2 is 1.63 bits per heavy atom. The Morgan fingerprint density at radius 1 is 1.03 bits per heavy atom. The van der Waals surface area contributed by atoms with Crippen LogP contribution in [0.3, 0.4) is 0 Å². The molecular formula is C28H36N2O5. The number of carboxylic acid groups (broad SMARTS) is 1. The molecule has 7 heteroatoms. The van der Waals surface area contributed by atoms with Crippen molar-refractivity contribution in [2.75, 3.05) is 5.32 Å². The van der Waals surface area contributed by atoms with Gasteiger partial charge in [-0.05, 0) is 86.4 Å². The number of carboxylic acids is 1. The lowest BCUT2D eigenvalue weighted by Crippen LogP contribution is -2.55. The van der Waals surface area contributed by atoms with Crippen LogP contribution in [0, 0.1) is 19.8 Å². The number of aryl methyl sites for hydroxylation is 2. The zero-order valence-corrected chi connectivity index (χ0v) is 21.0. The van der Waals surface area contributed by atoms with Crippen molar-refractivity contribution in [3.8, 4) is 5.75 Å². The van der Waals surface area contributed by atoms with E-state index in [-0.39, 0.29) is 24.2 Å². The molecule has 0 bridgehead atoms. The number of nitrogens with one attached hydrogen (secondary N) is 2. The van der Waals surface area contributed by atoms with E-state index < -0.39 is 17.6 Å². The largest absolute Gasteiger partial charge is 0.480 e. The summed E-state index contributed by atoms with van der Waals surface area (Å²) in [6.07, 6.45) is 3.60. The van der Waals surface area contributed by atoms with Gasteiger partial charge in [0.25, 0.3) is 5.91 Å². The molecule has 7 nitrogen and oxygen atoms in total. The van der Waals surface area contributed by atoms with E-state index in [1.807, 2.05) is 52.0 Å². The van der Waals surface area contributed by atoms with Crippen LogP contribution in [0.1, 0.15) is 62.6 Å². The fourth-order valence-corrected chi connectivity index (χ4v) is 4.62. The molecule has 2 aromatic carbocycles. The number of benzene rings is 2. The molecule has 0 heterocycles. The minimum atomic E-state index is -1.08. The first kappa shape index (κ1) is 26.3. The number of anilines is 1. The standard InChI is InChI=1S/C28H36N2O5/c1-5-20(4)25(26(32)33)30-27(34)28(12-6-7-13-28)35-23-10-8-21(9-11-23)17-24(31)29-22-15-18(2)14-19(3)16-22/h8-11,14-16,20,25H,5-7,12-13,17H2,1-4H3,(H,29,31)(H,30,34)(H,32,33)/t20?,25-/m0/s1. The molecule has 0 saturated heterocycles. The van der Waals surface area contributed by atoms with Gasteiger partial charge >= 0.3 is 5.97 Å². The van der Waals surface area contributed by atoms with Crippen molar-refractivity contribution < 1.29 is 24.2 Å². The van der Waals surface area contributed by atoms with Gasteiger partial charge in [-0.15, -0.1) is 0 Å². The number of ether oxygens (including phenoxy) is 1. The minimum Gasteiger partial charge on any atom is -0.480 e. The average molecular weight is 481 g/mol. The molecular weight excluding hydrogens is 444 g/mol. The summed E-state index contributed by atoms with van der Waals surface area (Å²) in [5, 5.41) is 15.2. The van der Waals surface area contributed by atoms with Crippen molar-refractivity contribution in [1.82, 2.24) is 5.32 Å². The van der Waals surface area contributed by atoms with E-state index in [2.05, 4.69) is 16.7 Å². The number of hydrogen-bond acceptors (Lipinski definition) is 4. The molecule has 0 radical (unpaired) electrons. The Bertz CT molecular complexity index is 1040. The predicted molar refractivity (Wildman–Crippen MR) is 136 cm³/mol. The van der Waals surface area contributed by atoms with Gasteiger partial charge in [0.15, 0.2) is 5.60 Å². The van der Waals surface area contributed by atoms with Crippen LogP contribution in [-0.2, 0) is 20.8 Å². The molecule has 2 amide bonds. The van der Waals surface area contributed by atoms with E-state index >= 15 is 0 Å². The maximum absolute atomic E-state index is 13.2. The number of carbonyl (C=O) groups is 3. The van der Waals surface area contributed by atoms with Gasteiger partial charge < -0.3 is 20.5 Å². The molecule has 3 N–H and O–H groups in total. The molecule has 1 aliphatic rings. The molecule has 1 aliphatic carbocycles. The van der Waals surface area contributed by atoms with Crippen LogP contribution < -0.4 is 15.4 Å². The van der Waals surface area contributed by atoms with Gasteiger partial charge in [0, 0.05) is 5.69 Å². The van der Waals surface area contributed by atoms with Crippen LogP contribution in [0.5, 0.6) is 5.75 Å². The zero-order chi connectivity index (χ0) is 25.6. The molecule has 1 unspecified atom stereocenters. The summed E-state index contributed by atoms with van der Waals surface area (Å²) in [7, 11) is 0. The first-order valence-corrected chi connectivity index (χ1v) is 12.3. The third-order valence-electron chi connectivity index (χ3n) is 6.70. The van der Waals surface area contributed by atoms with E-state index in [0.717, 1.165) is 35.2 Å². The smallest absolute Gasteiger partial charge is 0.326 e. The lowest BCUT2D eigenvalue weighted by Gasteiger charge is -2.31. The van der Waals surface area contributed by atoms with Crippen molar-refractivity contribution >= 4 is 23.5 Å². The summed E-state index contributed by atoms with van der Waals surface area (Å²) < 4.78 is 6.20. The second-order valence-electron chi connectivity index (χ2n) is 9.72. The summed E-state index contributed by atoms with van der Waals surface area (Å²) in [4.78, 5) is 37.4. The van der Waals surface area contributed by atoms with Crippen molar-refractivity contribution in [3.63, 3.8) is 0 Å². The Labute approximate surface area is 207 Å². The van der Waals surface area contributed by atoms with Gasteiger partial charge in [-0.1, -0.05) is 38.5 Å².